The standard InChI is InChI=1S/C20H19BrN2O4/c1-27-20(26)17-15(11-4-2-5-12(21)10-11)16-13(6-3-7-14(16)24)23-9-8-22-19(25)18(17)23/h2,4-5,10,15H,3,6-9H2,1H3,(H,22,25). The molecule has 6 nitrogen and oxygen atoms in total. The summed E-state index contributed by atoms with van der Waals surface area (Å²) in [5.41, 5.74) is 2.83. The molecule has 0 radical (unpaired) electrons. The minimum absolute atomic E-state index is 0.0349. The zero-order valence-electron chi connectivity index (χ0n) is 14.9. The first-order chi connectivity index (χ1) is 13.0. The number of fused-ring (bicyclic) bond motifs is 2. The Balaban J connectivity index is 2.02. The van der Waals surface area contributed by atoms with Crippen molar-refractivity contribution in [2.24, 2.45) is 0 Å². The van der Waals surface area contributed by atoms with Gasteiger partial charge in [0.05, 0.1) is 12.7 Å². The Morgan fingerprint density at radius 3 is 2.85 bits per heavy atom. The molecule has 1 unspecified atom stereocenters. The number of halogens is 1. The van der Waals surface area contributed by atoms with Gasteiger partial charge in [-0.15, -0.1) is 0 Å². The van der Waals surface area contributed by atoms with Gasteiger partial charge >= 0.3 is 5.97 Å². The van der Waals surface area contributed by atoms with Gasteiger partial charge in [0.1, 0.15) is 5.70 Å². The Hall–Kier alpha value is -2.41. The second-order valence-electron chi connectivity index (χ2n) is 6.79. The third kappa shape index (κ3) is 2.90. The lowest BCUT2D eigenvalue weighted by Gasteiger charge is -2.43. The Labute approximate surface area is 165 Å². The summed E-state index contributed by atoms with van der Waals surface area (Å²) in [5.74, 6) is -1.45. The zero-order valence-corrected chi connectivity index (χ0v) is 16.5. The van der Waals surface area contributed by atoms with E-state index in [0.717, 1.165) is 28.6 Å². The molecule has 1 saturated heterocycles. The van der Waals surface area contributed by atoms with Gasteiger partial charge in [-0.2, -0.15) is 0 Å². The second-order valence-corrected chi connectivity index (χ2v) is 7.70. The number of ketones is 1. The predicted molar refractivity (Wildman–Crippen MR) is 102 cm³/mol. The van der Waals surface area contributed by atoms with Crippen molar-refractivity contribution in [1.82, 2.24) is 10.2 Å². The summed E-state index contributed by atoms with van der Waals surface area (Å²) >= 11 is 3.46. The van der Waals surface area contributed by atoms with E-state index in [1.54, 1.807) is 0 Å². The van der Waals surface area contributed by atoms with Crippen molar-refractivity contribution in [3.8, 4) is 0 Å². The first-order valence-corrected chi connectivity index (χ1v) is 9.72. The smallest absolute Gasteiger partial charge is 0.337 e. The van der Waals surface area contributed by atoms with Gasteiger partial charge in [0.25, 0.3) is 5.91 Å². The fraction of sp³-hybridized carbons (Fsp3) is 0.350. The molecule has 2 aliphatic heterocycles. The van der Waals surface area contributed by atoms with Crippen molar-refractivity contribution >= 4 is 33.6 Å². The highest BCUT2D eigenvalue weighted by atomic mass is 79.9. The fourth-order valence-electron chi connectivity index (χ4n) is 4.22. The summed E-state index contributed by atoms with van der Waals surface area (Å²) in [5, 5.41) is 2.82. The van der Waals surface area contributed by atoms with Crippen LogP contribution in [0.15, 0.2) is 51.3 Å². The first-order valence-electron chi connectivity index (χ1n) is 8.93. The van der Waals surface area contributed by atoms with E-state index in [9.17, 15) is 14.4 Å². The molecule has 1 fully saturated rings. The monoisotopic (exact) mass is 430 g/mol. The molecule has 1 aromatic rings. The molecular formula is C20H19BrN2O4. The van der Waals surface area contributed by atoms with Crippen LogP contribution in [0.3, 0.4) is 0 Å². The predicted octanol–water partition coefficient (Wildman–Crippen LogP) is 2.41. The molecular weight excluding hydrogens is 412 g/mol. The summed E-state index contributed by atoms with van der Waals surface area (Å²) < 4.78 is 5.88. The number of benzene rings is 1. The summed E-state index contributed by atoms with van der Waals surface area (Å²) in [4.78, 5) is 40.3. The number of hydrogen-bond donors (Lipinski definition) is 1. The summed E-state index contributed by atoms with van der Waals surface area (Å²) in [6, 6.07) is 7.51. The van der Waals surface area contributed by atoms with Crippen LogP contribution in [0.1, 0.15) is 30.7 Å². The van der Waals surface area contributed by atoms with E-state index in [2.05, 4.69) is 21.2 Å². The van der Waals surface area contributed by atoms with E-state index in [-0.39, 0.29) is 17.3 Å². The number of amides is 1. The van der Waals surface area contributed by atoms with Crippen LogP contribution in [-0.2, 0) is 19.1 Å². The number of allylic oxidation sites excluding steroid dienone is 2. The number of carbonyl (C=O) groups excluding carboxylic acids is 3. The topological polar surface area (TPSA) is 75.7 Å². The van der Waals surface area contributed by atoms with Crippen LogP contribution in [0.4, 0.5) is 0 Å². The molecule has 3 aliphatic rings. The molecule has 7 heteroatoms. The Bertz CT molecular complexity index is 918. The van der Waals surface area contributed by atoms with Gasteiger partial charge in [0.15, 0.2) is 5.78 Å². The molecule has 0 aromatic heterocycles. The number of methoxy groups -OCH3 is 1. The van der Waals surface area contributed by atoms with Gasteiger partial charge in [-0.25, -0.2) is 4.79 Å². The van der Waals surface area contributed by atoms with E-state index in [0.29, 0.717) is 30.8 Å². The summed E-state index contributed by atoms with van der Waals surface area (Å²) in [7, 11) is 1.30. The third-order valence-corrected chi connectivity index (χ3v) is 5.77. The van der Waals surface area contributed by atoms with Gasteiger partial charge < -0.3 is 15.0 Å². The van der Waals surface area contributed by atoms with Crippen molar-refractivity contribution in [2.75, 3.05) is 20.2 Å². The van der Waals surface area contributed by atoms with E-state index in [4.69, 9.17) is 4.74 Å². The summed E-state index contributed by atoms with van der Waals surface area (Å²) in [6.07, 6.45) is 1.92. The van der Waals surface area contributed by atoms with Crippen LogP contribution < -0.4 is 5.32 Å². The van der Waals surface area contributed by atoms with Crippen LogP contribution in [0.25, 0.3) is 0 Å². The maximum absolute atomic E-state index is 12.9. The van der Waals surface area contributed by atoms with Crippen LogP contribution in [0, 0.1) is 0 Å². The van der Waals surface area contributed by atoms with Crippen molar-refractivity contribution in [2.45, 2.75) is 25.2 Å². The SMILES string of the molecule is COC(=O)C1=C2C(=O)NCCN2C2=C(C(=O)CCC2)C1c1cccc(Br)c1. The van der Waals surface area contributed by atoms with Crippen molar-refractivity contribution in [3.63, 3.8) is 0 Å². The molecule has 140 valence electrons. The first kappa shape index (κ1) is 18.0. The Morgan fingerprint density at radius 1 is 1.30 bits per heavy atom. The number of carbonyl (C=O) groups is 3. The highest BCUT2D eigenvalue weighted by molar-refractivity contribution is 9.10. The molecule has 0 saturated carbocycles. The summed E-state index contributed by atoms with van der Waals surface area (Å²) in [6.45, 7) is 1.02. The van der Waals surface area contributed by atoms with Crippen molar-refractivity contribution in [3.05, 3.63) is 56.8 Å². The molecule has 0 spiro atoms. The zero-order chi connectivity index (χ0) is 19.1. The number of nitrogens with one attached hydrogen (secondary N) is 1. The molecule has 1 amide bonds. The number of Topliss-reactive ketones (excluding diaryl/α,β-unsaturated/α-hetero) is 1. The van der Waals surface area contributed by atoms with Gasteiger partial charge in [-0.3, -0.25) is 9.59 Å². The van der Waals surface area contributed by atoms with Crippen molar-refractivity contribution in [1.29, 1.82) is 0 Å². The fourth-order valence-corrected chi connectivity index (χ4v) is 4.63. The highest BCUT2D eigenvalue weighted by Gasteiger charge is 2.45. The lowest BCUT2D eigenvalue weighted by molar-refractivity contribution is -0.137. The van der Waals surface area contributed by atoms with Crippen molar-refractivity contribution < 1.29 is 19.1 Å². The Morgan fingerprint density at radius 2 is 2.11 bits per heavy atom. The molecule has 0 bridgehead atoms. The lowest BCUT2D eigenvalue weighted by atomic mass is 9.74. The maximum atomic E-state index is 12.9. The average molecular weight is 431 g/mol. The number of esters is 1. The molecule has 2 heterocycles. The molecule has 1 atom stereocenters. The van der Waals surface area contributed by atoms with Gasteiger partial charge in [-0.05, 0) is 30.5 Å². The van der Waals surface area contributed by atoms with Gasteiger partial charge in [-0.1, -0.05) is 28.1 Å². The lowest BCUT2D eigenvalue weighted by Crippen LogP contribution is -2.50. The number of ether oxygens (including phenoxy) is 1. The number of hydrogen-bond acceptors (Lipinski definition) is 5. The minimum Gasteiger partial charge on any atom is -0.466 e. The average Bonchev–Trinajstić information content (AvgIpc) is 2.67. The molecule has 1 aliphatic carbocycles. The number of piperazine rings is 1. The number of rotatable bonds is 2. The van der Waals surface area contributed by atoms with Gasteiger partial charge in [0, 0.05) is 41.2 Å². The third-order valence-electron chi connectivity index (χ3n) is 5.28. The van der Waals surface area contributed by atoms with Crippen LogP contribution >= 0.6 is 15.9 Å². The quantitative estimate of drug-likeness (QED) is 0.729. The molecule has 27 heavy (non-hydrogen) atoms. The second kappa shape index (κ2) is 6.96. The maximum Gasteiger partial charge on any atom is 0.337 e. The molecule has 1 aromatic carbocycles. The minimum atomic E-state index is -0.604. The highest BCUT2D eigenvalue weighted by Crippen LogP contribution is 2.47. The van der Waals surface area contributed by atoms with E-state index >= 15 is 0 Å². The van der Waals surface area contributed by atoms with Crippen LogP contribution in [-0.4, -0.2) is 42.8 Å². The Kier molecular flexibility index (Phi) is 4.63. The molecule has 1 N–H and O–H groups in total. The van der Waals surface area contributed by atoms with Crippen LogP contribution in [0.5, 0.6) is 0 Å². The largest absolute Gasteiger partial charge is 0.466 e. The number of nitrogens with zero attached hydrogens (tertiary/aromatic N) is 1. The van der Waals surface area contributed by atoms with E-state index < -0.39 is 11.9 Å². The van der Waals surface area contributed by atoms with Gasteiger partial charge in [0.2, 0.25) is 0 Å². The molecule has 4 rings (SSSR count). The van der Waals surface area contributed by atoms with E-state index in [1.807, 2.05) is 29.2 Å². The normalized spacial score (nSPS) is 22.3. The van der Waals surface area contributed by atoms with Crippen LogP contribution in [0.2, 0.25) is 0 Å². The van der Waals surface area contributed by atoms with E-state index in [1.165, 1.54) is 7.11 Å².